The van der Waals surface area contributed by atoms with E-state index >= 15 is 0 Å². The van der Waals surface area contributed by atoms with E-state index in [0.717, 1.165) is 11.1 Å². The highest BCUT2D eigenvalue weighted by molar-refractivity contribution is 7.91. The molecule has 24 heavy (non-hydrogen) atoms. The summed E-state index contributed by atoms with van der Waals surface area (Å²) in [6.07, 6.45) is -0.183. The summed E-state index contributed by atoms with van der Waals surface area (Å²) in [7, 11) is -3.63. The molecule has 0 atom stereocenters. The molecule has 0 fully saturated rings. The molecule has 0 spiro atoms. The molecule has 4 nitrogen and oxygen atoms in total. The van der Waals surface area contributed by atoms with Crippen molar-refractivity contribution in [2.75, 3.05) is 11.1 Å². The molecule has 2 aromatic carbocycles. The van der Waals surface area contributed by atoms with Gasteiger partial charge in [0.05, 0.1) is 26.4 Å². The standard InChI is InChI=1S/C17H17Cl2NO3S/c1-11-9-12(2)17(14(19)10-11)20-16(21)7-8-24(22,23)15-6-4-3-5-13(15)18/h3-6,9-10H,7-8H2,1-2H3,(H,20,21). The van der Waals surface area contributed by atoms with E-state index in [9.17, 15) is 13.2 Å². The highest BCUT2D eigenvalue weighted by Crippen LogP contribution is 2.28. The third kappa shape index (κ3) is 4.50. The molecule has 0 saturated heterocycles. The fraction of sp³-hybridized carbons (Fsp3) is 0.235. The van der Waals surface area contributed by atoms with Crippen LogP contribution in [0.5, 0.6) is 0 Å². The van der Waals surface area contributed by atoms with Gasteiger partial charge in [0.25, 0.3) is 0 Å². The molecule has 0 aliphatic rings. The Morgan fingerprint density at radius 2 is 1.75 bits per heavy atom. The lowest BCUT2D eigenvalue weighted by atomic mass is 10.1. The molecule has 0 aliphatic carbocycles. The maximum Gasteiger partial charge on any atom is 0.225 e. The van der Waals surface area contributed by atoms with Crippen LogP contribution in [0.2, 0.25) is 10.0 Å². The highest BCUT2D eigenvalue weighted by atomic mass is 35.5. The number of benzene rings is 2. The predicted octanol–water partition coefficient (Wildman–Crippen LogP) is 4.41. The summed E-state index contributed by atoms with van der Waals surface area (Å²) in [5.74, 6) is -0.745. The molecule has 128 valence electrons. The first kappa shape index (κ1) is 18.8. The number of hydrogen-bond donors (Lipinski definition) is 1. The Labute approximate surface area is 151 Å². The van der Waals surface area contributed by atoms with Gasteiger partial charge in [0.15, 0.2) is 9.84 Å². The van der Waals surface area contributed by atoms with Crippen molar-refractivity contribution in [3.05, 3.63) is 57.6 Å². The van der Waals surface area contributed by atoms with Gasteiger partial charge in [-0.25, -0.2) is 8.42 Å². The van der Waals surface area contributed by atoms with Crippen molar-refractivity contribution in [1.82, 2.24) is 0 Å². The predicted molar refractivity (Wildman–Crippen MR) is 97.7 cm³/mol. The molecule has 7 heteroatoms. The van der Waals surface area contributed by atoms with Gasteiger partial charge in [-0.15, -0.1) is 0 Å². The third-order valence-electron chi connectivity index (χ3n) is 3.47. The highest BCUT2D eigenvalue weighted by Gasteiger charge is 2.19. The maximum atomic E-state index is 12.3. The quantitative estimate of drug-likeness (QED) is 0.828. The summed E-state index contributed by atoms with van der Waals surface area (Å²) in [5, 5.41) is 3.25. The largest absolute Gasteiger partial charge is 0.325 e. The van der Waals surface area contributed by atoms with Crippen LogP contribution < -0.4 is 5.32 Å². The number of carbonyl (C=O) groups is 1. The monoisotopic (exact) mass is 385 g/mol. The molecule has 0 radical (unpaired) electrons. The first-order valence-corrected chi connectivity index (χ1v) is 9.65. The topological polar surface area (TPSA) is 63.2 Å². The molecule has 1 N–H and O–H groups in total. The number of rotatable bonds is 5. The molecule has 0 heterocycles. The van der Waals surface area contributed by atoms with Crippen LogP contribution in [0.25, 0.3) is 0 Å². The second-order valence-corrected chi connectivity index (χ2v) is 8.38. The van der Waals surface area contributed by atoms with Crippen molar-refractivity contribution >= 4 is 44.6 Å². The molecular weight excluding hydrogens is 369 g/mol. The van der Waals surface area contributed by atoms with E-state index in [0.29, 0.717) is 10.7 Å². The Morgan fingerprint density at radius 3 is 2.38 bits per heavy atom. The number of amides is 1. The van der Waals surface area contributed by atoms with Gasteiger partial charge in [0.1, 0.15) is 0 Å². The van der Waals surface area contributed by atoms with E-state index < -0.39 is 15.7 Å². The van der Waals surface area contributed by atoms with Gasteiger partial charge in [0, 0.05) is 6.42 Å². The van der Waals surface area contributed by atoms with Gasteiger partial charge < -0.3 is 5.32 Å². The van der Waals surface area contributed by atoms with Gasteiger partial charge in [-0.05, 0) is 43.2 Å². The smallest absolute Gasteiger partial charge is 0.225 e. The summed E-state index contributed by atoms with van der Waals surface area (Å²) in [4.78, 5) is 12.1. The normalized spacial score (nSPS) is 11.3. The SMILES string of the molecule is Cc1cc(C)c(NC(=O)CCS(=O)(=O)c2ccccc2Cl)c(Cl)c1. The number of carbonyl (C=O) groups excluding carboxylic acids is 1. The van der Waals surface area contributed by atoms with Crippen molar-refractivity contribution in [3.8, 4) is 0 Å². The van der Waals surface area contributed by atoms with Crippen LogP contribution in [0.1, 0.15) is 17.5 Å². The zero-order valence-electron chi connectivity index (χ0n) is 13.3. The lowest BCUT2D eigenvalue weighted by molar-refractivity contribution is -0.115. The Balaban J connectivity index is 2.08. The first-order chi connectivity index (χ1) is 11.2. The Kier molecular flexibility index (Phi) is 5.91. The van der Waals surface area contributed by atoms with Gasteiger partial charge in [-0.2, -0.15) is 0 Å². The van der Waals surface area contributed by atoms with E-state index in [1.807, 2.05) is 19.9 Å². The van der Waals surface area contributed by atoms with E-state index in [4.69, 9.17) is 23.2 Å². The molecule has 0 aliphatic heterocycles. The average molecular weight is 386 g/mol. The average Bonchev–Trinajstić information content (AvgIpc) is 2.49. The molecule has 0 saturated carbocycles. The van der Waals surface area contributed by atoms with Crippen LogP contribution in [-0.2, 0) is 14.6 Å². The van der Waals surface area contributed by atoms with Crippen molar-refractivity contribution in [1.29, 1.82) is 0 Å². The Morgan fingerprint density at radius 1 is 1.08 bits per heavy atom. The number of sulfone groups is 1. The van der Waals surface area contributed by atoms with Crippen LogP contribution >= 0.6 is 23.2 Å². The maximum absolute atomic E-state index is 12.3. The summed E-state index contributed by atoms with van der Waals surface area (Å²) in [6, 6.07) is 9.80. The van der Waals surface area contributed by atoms with Crippen LogP contribution in [0.3, 0.4) is 0 Å². The van der Waals surface area contributed by atoms with Gasteiger partial charge in [0.2, 0.25) is 5.91 Å². The van der Waals surface area contributed by atoms with E-state index in [2.05, 4.69) is 5.32 Å². The van der Waals surface area contributed by atoms with Crippen molar-refractivity contribution in [3.63, 3.8) is 0 Å². The Hall–Kier alpha value is -1.56. The van der Waals surface area contributed by atoms with Gasteiger partial charge >= 0.3 is 0 Å². The molecule has 0 aromatic heterocycles. The van der Waals surface area contributed by atoms with E-state index in [1.165, 1.54) is 12.1 Å². The molecule has 0 unspecified atom stereocenters. The minimum Gasteiger partial charge on any atom is -0.325 e. The molecular formula is C17H17Cl2NO3S. The van der Waals surface area contributed by atoms with E-state index in [1.54, 1.807) is 18.2 Å². The molecule has 2 rings (SSSR count). The minimum absolute atomic E-state index is 0.0315. The second kappa shape index (κ2) is 7.55. The molecule has 2 aromatic rings. The van der Waals surface area contributed by atoms with E-state index in [-0.39, 0.29) is 22.1 Å². The number of nitrogens with one attached hydrogen (secondary N) is 1. The van der Waals surface area contributed by atoms with Crippen molar-refractivity contribution < 1.29 is 13.2 Å². The van der Waals surface area contributed by atoms with Crippen molar-refractivity contribution in [2.24, 2.45) is 0 Å². The summed E-state index contributed by atoms with van der Waals surface area (Å²) in [5.41, 5.74) is 2.31. The van der Waals surface area contributed by atoms with Crippen LogP contribution in [0.15, 0.2) is 41.3 Å². The zero-order valence-corrected chi connectivity index (χ0v) is 15.6. The number of halogens is 2. The van der Waals surface area contributed by atoms with Gasteiger partial charge in [-0.3, -0.25) is 4.79 Å². The van der Waals surface area contributed by atoms with Crippen LogP contribution in [0, 0.1) is 13.8 Å². The number of hydrogen-bond acceptors (Lipinski definition) is 3. The third-order valence-corrected chi connectivity index (χ3v) is 5.97. The van der Waals surface area contributed by atoms with Gasteiger partial charge in [-0.1, -0.05) is 41.4 Å². The minimum atomic E-state index is -3.63. The summed E-state index contributed by atoms with van der Waals surface area (Å²) in [6.45, 7) is 3.73. The summed E-state index contributed by atoms with van der Waals surface area (Å²) >= 11 is 12.0. The summed E-state index contributed by atoms with van der Waals surface area (Å²) < 4.78 is 24.6. The lowest BCUT2D eigenvalue weighted by Crippen LogP contribution is -2.18. The number of aryl methyl sites for hydroxylation is 2. The lowest BCUT2D eigenvalue weighted by Gasteiger charge is -2.12. The zero-order chi connectivity index (χ0) is 17.9. The molecule has 0 bridgehead atoms. The first-order valence-electron chi connectivity index (χ1n) is 7.24. The van der Waals surface area contributed by atoms with Crippen LogP contribution in [-0.4, -0.2) is 20.1 Å². The fourth-order valence-corrected chi connectivity index (χ4v) is 4.49. The second-order valence-electron chi connectivity index (χ2n) is 5.49. The van der Waals surface area contributed by atoms with Crippen molar-refractivity contribution in [2.45, 2.75) is 25.2 Å². The van der Waals surface area contributed by atoms with Crippen LogP contribution in [0.4, 0.5) is 5.69 Å². The Bertz CT molecular complexity index is 856. The number of anilines is 1. The fourth-order valence-electron chi connectivity index (χ4n) is 2.31. The molecule has 1 amide bonds.